The molecule has 0 aromatic carbocycles. The van der Waals surface area contributed by atoms with Crippen molar-refractivity contribution >= 4 is 24.7 Å². The molecule has 5 heteroatoms. The van der Waals surface area contributed by atoms with Crippen molar-refractivity contribution in [2.75, 3.05) is 6.61 Å². The third-order valence-corrected chi connectivity index (χ3v) is 0.781. The maximum Gasteiger partial charge on any atom is 0.303 e. The van der Waals surface area contributed by atoms with Gasteiger partial charge in [-0.2, -0.15) is 0 Å². The van der Waals surface area contributed by atoms with E-state index in [0.29, 0.717) is 0 Å². The van der Waals surface area contributed by atoms with Gasteiger partial charge in [0.15, 0.2) is 6.61 Å². The summed E-state index contributed by atoms with van der Waals surface area (Å²) >= 11 is 3.43. The normalized spacial score (nSPS) is 8.22. The third-order valence-electron chi connectivity index (χ3n) is 0.531. The van der Waals surface area contributed by atoms with Crippen LogP contribution in [-0.2, 0) is 14.3 Å². The van der Waals surface area contributed by atoms with Crippen LogP contribution in [0.2, 0.25) is 0 Å². The van der Waals surface area contributed by atoms with Crippen LogP contribution in [0.15, 0.2) is 0 Å². The predicted molar refractivity (Wildman–Crippen MR) is 33.8 cm³/mol. The van der Waals surface area contributed by atoms with Gasteiger partial charge in [0, 0.05) is 6.92 Å². The summed E-state index contributed by atoms with van der Waals surface area (Å²) in [5.74, 6) is -0.916. The quantitative estimate of drug-likeness (QED) is 0.411. The van der Waals surface area contributed by atoms with E-state index in [1.54, 1.807) is 0 Å². The lowest BCUT2D eigenvalue weighted by Crippen LogP contribution is -2.20. The Bertz CT molecular complexity index is 125. The number of carbonyl (C=O) groups excluding carboxylic acids is 2. The Hall–Kier alpha value is -0.710. The summed E-state index contributed by atoms with van der Waals surface area (Å²) in [6, 6.07) is 0. The number of hydrogen-bond acceptors (Lipinski definition) is 4. The van der Waals surface area contributed by atoms with Gasteiger partial charge in [-0.05, 0) is 0 Å². The number of amides is 1. The molecule has 1 amide bonds. The molecule has 0 aliphatic rings. The molecule has 0 radical (unpaired) electrons. The summed E-state index contributed by atoms with van der Waals surface area (Å²) in [6.07, 6.45) is 0. The highest BCUT2D eigenvalue weighted by Crippen LogP contribution is 1.75. The molecule has 1 N–H and O–H groups in total. The number of hydrogen-bond donors (Lipinski definition) is 2. The lowest BCUT2D eigenvalue weighted by molar-refractivity contribution is -0.145. The molecule has 0 atom stereocenters. The maximum atomic E-state index is 10.3. The first-order chi connectivity index (χ1) is 4.16. The molecular weight excluding hydrogens is 142 g/mol. The predicted octanol–water partition coefficient (Wildman–Crippen LogP) is -0.490. The zero-order valence-electron chi connectivity index (χ0n) is 4.88. The molecule has 0 saturated carbocycles. The monoisotopic (exact) mass is 149 g/mol. The standard InChI is InChI=1S/C4H7NO3S/c1-3(6)8-2-4(7)5-9/h9H,2H2,1H3,(H,5,7). The molecular formula is C4H7NO3S. The second-order valence-electron chi connectivity index (χ2n) is 1.32. The second kappa shape index (κ2) is 4.20. The molecule has 9 heavy (non-hydrogen) atoms. The summed E-state index contributed by atoms with van der Waals surface area (Å²) in [4.78, 5) is 20.3. The average molecular weight is 149 g/mol. The molecule has 0 aliphatic heterocycles. The minimum absolute atomic E-state index is 0.265. The van der Waals surface area contributed by atoms with E-state index in [2.05, 4.69) is 17.6 Å². The van der Waals surface area contributed by atoms with Gasteiger partial charge < -0.3 is 4.74 Å². The molecule has 52 valence electrons. The lowest BCUT2D eigenvalue weighted by atomic mass is 10.7. The number of ether oxygens (including phenoxy) is 1. The van der Waals surface area contributed by atoms with Gasteiger partial charge >= 0.3 is 5.97 Å². The zero-order chi connectivity index (χ0) is 7.28. The van der Waals surface area contributed by atoms with Crippen molar-refractivity contribution < 1.29 is 14.3 Å². The van der Waals surface area contributed by atoms with Crippen LogP contribution in [0.5, 0.6) is 0 Å². The van der Waals surface area contributed by atoms with Gasteiger partial charge in [0.05, 0.1) is 0 Å². The van der Waals surface area contributed by atoms with Gasteiger partial charge in [0.2, 0.25) is 0 Å². The third kappa shape index (κ3) is 5.16. The Morgan fingerprint density at radius 3 is 2.56 bits per heavy atom. The van der Waals surface area contributed by atoms with E-state index in [1.165, 1.54) is 6.92 Å². The van der Waals surface area contributed by atoms with E-state index in [1.807, 2.05) is 4.72 Å². The Labute approximate surface area is 58.1 Å². The van der Waals surface area contributed by atoms with Crippen molar-refractivity contribution in [3.8, 4) is 0 Å². The molecule has 0 aromatic heterocycles. The summed E-state index contributed by atoms with van der Waals surface area (Å²) in [7, 11) is 0. The fourth-order valence-corrected chi connectivity index (χ4v) is 0.264. The molecule has 4 nitrogen and oxygen atoms in total. The van der Waals surface area contributed by atoms with Gasteiger partial charge in [0.25, 0.3) is 5.91 Å². The van der Waals surface area contributed by atoms with Crippen molar-refractivity contribution in [2.24, 2.45) is 0 Å². The van der Waals surface area contributed by atoms with Gasteiger partial charge in [-0.25, -0.2) is 0 Å². The number of rotatable bonds is 2. The van der Waals surface area contributed by atoms with E-state index in [4.69, 9.17) is 0 Å². The molecule has 0 saturated heterocycles. The number of nitrogens with one attached hydrogen (secondary N) is 1. The molecule has 0 aromatic rings. The van der Waals surface area contributed by atoms with E-state index in [0.717, 1.165) is 0 Å². The fourth-order valence-electron chi connectivity index (χ4n) is 0.199. The Morgan fingerprint density at radius 2 is 2.22 bits per heavy atom. The first-order valence-corrected chi connectivity index (χ1v) is 2.68. The molecule has 0 unspecified atom stereocenters. The van der Waals surface area contributed by atoms with Crippen molar-refractivity contribution in [1.29, 1.82) is 0 Å². The smallest absolute Gasteiger partial charge is 0.303 e. The van der Waals surface area contributed by atoms with Crippen molar-refractivity contribution in [1.82, 2.24) is 4.72 Å². The van der Waals surface area contributed by atoms with Crippen LogP contribution in [0.1, 0.15) is 6.92 Å². The molecule has 0 spiro atoms. The average Bonchev–Trinajstić information content (AvgIpc) is 1.83. The van der Waals surface area contributed by atoms with E-state index >= 15 is 0 Å². The SMILES string of the molecule is CC(=O)OCC(=O)NS. The first-order valence-electron chi connectivity index (χ1n) is 2.23. The van der Waals surface area contributed by atoms with Crippen LogP contribution in [0, 0.1) is 0 Å². The van der Waals surface area contributed by atoms with Crippen molar-refractivity contribution in [3.63, 3.8) is 0 Å². The topological polar surface area (TPSA) is 55.4 Å². The molecule has 0 aliphatic carbocycles. The van der Waals surface area contributed by atoms with E-state index in [-0.39, 0.29) is 6.61 Å². The Balaban J connectivity index is 3.28. The maximum absolute atomic E-state index is 10.3. The second-order valence-corrected chi connectivity index (χ2v) is 1.54. The summed E-state index contributed by atoms with van der Waals surface area (Å²) in [5, 5.41) is 0. The Kier molecular flexibility index (Phi) is 3.87. The summed E-state index contributed by atoms with van der Waals surface area (Å²) < 4.78 is 6.29. The zero-order valence-corrected chi connectivity index (χ0v) is 5.77. The van der Waals surface area contributed by atoms with Crippen LogP contribution in [0.25, 0.3) is 0 Å². The number of esters is 1. The molecule has 0 fully saturated rings. The minimum Gasteiger partial charge on any atom is -0.456 e. The Morgan fingerprint density at radius 1 is 1.67 bits per heavy atom. The summed E-state index contributed by atoms with van der Waals surface area (Å²) in [5.41, 5.74) is 0. The van der Waals surface area contributed by atoms with Gasteiger partial charge in [-0.3, -0.25) is 14.3 Å². The molecule has 0 heterocycles. The first kappa shape index (κ1) is 8.29. The molecule has 0 rings (SSSR count). The van der Waals surface area contributed by atoms with E-state index in [9.17, 15) is 9.59 Å². The number of thiol groups is 1. The van der Waals surface area contributed by atoms with Gasteiger partial charge in [0.1, 0.15) is 0 Å². The van der Waals surface area contributed by atoms with Crippen LogP contribution in [0.3, 0.4) is 0 Å². The van der Waals surface area contributed by atoms with Crippen LogP contribution < -0.4 is 4.72 Å². The molecule has 0 bridgehead atoms. The highest BCUT2D eigenvalue weighted by atomic mass is 32.1. The highest BCUT2D eigenvalue weighted by molar-refractivity contribution is 7.78. The lowest BCUT2D eigenvalue weighted by Gasteiger charge is -1.97. The highest BCUT2D eigenvalue weighted by Gasteiger charge is 1.98. The summed E-state index contributed by atoms with van der Waals surface area (Å²) in [6.45, 7) is 0.963. The van der Waals surface area contributed by atoms with Crippen LogP contribution in [0.4, 0.5) is 0 Å². The van der Waals surface area contributed by atoms with Crippen molar-refractivity contribution in [3.05, 3.63) is 0 Å². The van der Waals surface area contributed by atoms with E-state index < -0.39 is 11.9 Å². The fraction of sp³-hybridized carbons (Fsp3) is 0.500. The van der Waals surface area contributed by atoms with Gasteiger partial charge in [-0.15, -0.1) is 0 Å². The van der Waals surface area contributed by atoms with Gasteiger partial charge in [-0.1, -0.05) is 12.8 Å². The minimum atomic E-state index is -0.480. The van der Waals surface area contributed by atoms with Crippen LogP contribution >= 0.6 is 12.8 Å². The largest absolute Gasteiger partial charge is 0.456 e. The number of carbonyl (C=O) groups is 2. The van der Waals surface area contributed by atoms with Crippen LogP contribution in [-0.4, -0.2) is 18.5 Å². The van der Waals surface area contributed by atoms with Crippen molar-refractivity contribution in [2.45, 2.75) is 6.92 Å².